The Morgan fingerprint density at radius 1 is 0.915 bits per heavy atom. The molecule has 0 spiro atoms. The van der Waals surface area contributed by atoms with Crippen LogP contribution in [0, 0.1) is 46.3 Å². The highest BCUT2D eigenvalue weighted by atomic mass is 32.2. The molecule has 13 heteroatoms. The van der Waals surface area contributed by atoms with Crippen molar-refractivity contribution >= 4 is 40.6 Å². The molecule has 2 amide bonds. The molecule has 8 N–H and O–H groups in total. The summed E-state index contributed by atoms with van der Waals surface area (Å²) in [6.45, 7) is 6.38. The summed E-state index contributed by atoms with van der Waals surface area (Å²) in [5.74, 6) is -1.67. The number of nitrogens with two attached hydrogens (primary N) is 1. The fraction of sp³-hybridized carbons (Fsp3) is 0.853. The quantitative estimate of drug-likeness (QED) is 0.141. The van der Waals surface area contributed by atoms with Crippen LogP contribution in [0.1, 0.15) is 97.8 Å². The topological polar surface area (TPSA) is 216 Å². The van der Waals surface area contributed by atoms with Crippen molar-refractivity contribution in [2.45, 2.75) is 122 Å². The first kappa shape index (κ1) is 37.6. The van der Waals surface area contributed by atoms with Crippen molar-refractivity contribution in [3.8, 4) is 0 Å². The number of carbonyl (C=O) groups is 5. The molecule has 0 saturated heterocycles. The number of fused-ring (bicyclic) bond motifs is 5. The summed E-state index contributed by atoms with van der Waals surface area (Å²) in [5, 5.41) is 44.3. The number of nitrogens with one attached hydrogen (secondary N) is 2. The van der Waals surface area contributed by atoms with E-state index in [1.807, 2.05) is 0 Å². The van der Waals surface area contributed by atoms with Crippen molar-refractivity contribution in [2.24, 2.45) is 52.1 Å². The third kappa shape index (κ3) is 8.51. The number of aliphatic hydroxyl groups excluding tert-OH is 2. The molecule has 4 rings (SSSR count). The molecule has 0 aromatic heterocycles. The maximum Gasteiger partial charge on any atom is 0.322 e. The first-order valence-corrected chi connectivity index (χ1v) is 18.3. The number of hydrogen-bond acceptors (Lipinski definition) is 9. The average molecular weight is 682 g/mol. The summed E-state index contributed by atoms with van der Waals surface area (Å²) in [5.41, 5.74) is 5.72. The Bertz CT molecular complexity index is 1190. The lowest BCUT2D eigenvalue weighted by molar-refractivity contribution is -0.174. The Hall–Kier alpha value is -2.22. The molecule has 0 unspecified atom stereocenters. The van der Waals surface area contributed by atoms with E-state index in [4.69, 9.17) is 15.9 Å². The van der Waals surface area contributed by atoms with E-state index in [1.54, 1.807) is 0 Å². The van der Waals surface area contributed by atoms with Gasteiger partial charge in [0.1, 0.15) is 18.6 Å². The molecule has 0 radical (unpaired) electrons. The van der Waals surface area contributed by atoms with E-state index in [-0.39, 0.29) is 58.6 Å². The lowest BCUT2D eigenvalue weighted by Crippen LogP contribution is -2.58. The van der Waals surface area contributed by atoms with Crippen LogP contribution in [0.25, 0.3) is 0 Å². The Labute approximate surface area is 281 Å². The van der Waals surface area contributed by atoms with Gasteiger partial charge in [-0.05, 0) is 111 Å². The Morgan fingerprint density at radius 3 is 2.28 bits per heavy atom. The summed E-state index contributed by atoms with van der Waals surface area (Å²) in [6, 6.07) is -2.41. The van der Waals surface area contributed by atoms with E-state index in [2.05, 4.69) is 31.4 Å². The third-order valence-corrected chi connectivity index (χ3v) is 13.7. The number of hydrogen-bond donors (Lipinski definition) is 7. The minimum Gasteiger partial charge on any atom is -0.480 e. The highest BCUT2D eigenvalue weighted by Crippen LogP contribution is 2.68. The van der Waals surface area contributed by atoms with Crippen LogP contribution >= 0.6 is 11.8 Å². The van der Waals surface area contributed by atoms with E-state index >= 15 is 0 Å². The lowest BCUT2D eigenvalue weighted by Gasteiger charge is -2.62. The largest absolute Gasteiger partial charge is 0.480 e. The van der Waals surface area contributed by atoms with Crippen LogP contribution in [0.3, 0.4) is 0 Å². The molecule has 4 aliphatic carbocycles. The number of rotatable bonds is 14. The van der Waals surface area contributed by atoms with Gasteiger partial charge in [-0.15, -0.1) is 0 Å². The van der Waals surface area contributed by atoms with E-state index in [1.165, 1.54) is 0 Å². The fourth-order valence-electron chi connectivity index (χ4n) is 10.1. The average Bonchev–Trinajstić information content (AvgIpc) is 3.37. The van der Waals surface area contributed by atoms with E-state index in [0.29, 0.717) is 36.5 Å². The number of aliphatic hydroxyl groups is 2. The molecule has 4 saturated carbocycles. The number of amides is 2. The van der Waals surface area contributed by atoms with Crippen LogP contribution in [0.5, 0.6) is 0 Å². The normalized spacial score (nSPS) is 36.5. The van der Waals surface area contributed by atoms with Gasteiger partial charge in [0.25, 0.3) is 0 Å². The maximum atomic E-state index is 13.0. The number of carboxylic acids is 2. The van der Waals surface area contributed by atoms with Gasteiger partial charge in [-0.2, -0.15) is 0 Å². The molecule has 0 aromatic carbocycles. The molecular formula is C34H55N3O9S. The SMILES string of the molecule is C[C@H](CCC(=O)SC[C@H](NC(=O)CC[C@H](N)C(=O)O)C(=O)NCC(=O)O)[C@H]1CC[C@H]2[C@@H]3[C@@H](O)C[C@@H]4C[C@H](O)CC[C@]4(C)[C@H]3CC[C@]12C. The van der Waals surface area contributed by atoms with Gasteiger partial charge < -0.3 is 36.8 Å². The Kier molecular flexibility index (Phi) is 12.4. The molecule has 47 heavy (non-hydrogen) atoms. The van der Waals surface area contributed by atoms with Crippen LogP contribution < -0.4 is 16.4 Å². The highest BCUT2D eigenvalue weighted by molar-refractivity contribution is 8.13. The number of thioether (sulfide) groups is 1. The molecule has 266 valence electrons. The highest BCUT2D eigenvalue weighted by Gasteiger charge is 2.62. The molecule has 0 bridgehead atoms. The van der Waals surface area contributed by atoms with Gasteiger partial charge >= 0.3 is 11.9 Å². The molecule has 0 aliphatic heterocycles. The van der Waals surface area contributed by atoms with Gasteiger partial charge in [0.15, 0.2) is 5.12 Å². The predicted molar refractivity (Wildman–Crippen MR) is 176 cm³/mol. The summed E-state index contributed by atoms with van der Waals surface area (Å²) in [6.07, 6.45) is 7.82. The summed E-state index contributed by atoms with van der Waals surface area (Å²) < 4.78 is 0. The second-order valence-electron chi connectivity index (χ2n) is 15.4. The minimum atomic E-state index is -1.25. The van der Waals surface area contributed by atoms with Gasteiger partial charge in [0.2, 0.25) is 11.8 Å². The van der Waals surface area contributed by atoms with Crippen molar-refractivity contribution in [1.82, 2.24) is 10.6 Å². The monoisotopic (exact) mass is 681 g/mol. The Morgan fingerprint density at radius 2 is 1.60 bits per heavy atom. The molecule has 12 atom stereocenters. The van der Waals surface area contributed by atoms with Gasteiger partial charge in [0.05, 0.1) is 12.2 Å². The number of carbonyl (C=O) groups excluding carboxylic acids is 3. The van der Waals surface area contributed by atoms with Gasteiger partial charge in [-0.3, -0.25) is 24.0 Å². The van der Waals surface area contributed by atoms with Crippen LogP contribution in [0.4, 0.5) is 0 Å². The Balaban J connectivity index is 1.31. The number of carboxylic acid groups (broad SMARTS) is 2. The second kappa shape index (κ2) is 15.6. The minimum absolute atomic E-state index is 0.0869. The standard InChI is InChI=1S/C34H55N3O9S/c1-18(4-9-29(43)47-17-25(31(44)36-16-28(41)42)37-27(40)8-7-24(35)32(45)46)21-5-6-22-30-23(11-13-34(21,22)3)33(2)12-10-20(38)14-19(33)15-26(30)39/h18-26,30,38-39H,4-17,35H2,1-3H3,(H,36,44)(H,37,40)(H,41,42)(H,45,46)/t18-,19+,20-,21-,22+,23+,24+,25+,26+,30+,33+,34-/m1/s1. The van der Waals surface area contributed by atoms with Gasteiger partial charge in [-0.25, -0.2) is 0 Å². The van der Waals surface area contributed by atoms with Crippen LogP contribution in [0.2, 0.25) is 0 Å². The van der Waals surface area contributed by atoms with Crippen molar-refractivity contribution in [3.63, 3.8) is 0 Å². The number of aliphatic carboxylic acids is 2. The maximum absolute atomic E-state index is 13.0. The zero-order chi connectivity index (χ0) is 34.7. The van der Waals surface area contributed by atoms with Crippen molar-refractivity contribution in [1.29, 1.82) is 0 Å². The van der Waals surface area contributed by atoms with Crippen LogP contribution in [-0.4, -0.2) is 85.9 Å². The smallest absolute Gasteiger partial charge is 0.322 e. The van der Waals surface area contributed by atoms with E-state index in [0.717, 1.165) is 63.1 Å². The summed E-state index contributed by atoms with van der Waals surface area (Å²) in [4.78, 5) is 59.9. The molecular weight excluding hydrogens is 626 g/mol. The molecule has 0 aromatic rings. The van der Waals surface area contributed by atoms with E-state index in [9.17, 15) is 34.2 Å². The first-order chi connectivity index (χ1) is 22.1. The molecule has 4 aliphatic rings. The van der Waals surface area contributed by atoms with Crippen molar-refractivity contribution in [3.05, 3.63) is 0 Å². The molecule has 4 fully saturated rings. The summed E-state index contributed by atoms with van der Waals surface area (Å²) in [7, 11) is 0. The zero-order valence-corrected chi connectivity index (χ0v) is 28.8. The fourth-order valence-corrected chi connectivity index (χ4v) is 11.0. The first-order valence-electron chi connectivity index (χ1n) is 17.4. The molecule has 0 heterocycles. The van der Waals surface area contributed by atoms with Crippen molar-refractivity contribution in [2.75, 3.05) is 12.3 Å². The van der Waals surface area contributed by atoms with Crippen LogP contribution in [0.15, 0.2) is 0 Å². The van der Waals surface area contributed by atoms with Gasteiger partial charge in [0, 0.05) is 18.6 Å². The summed E-state index contributed by atoms with van der Waals surface area (Å²) >= 11 is 0.919. The van der Waals surface area contributed by atoms with Crippen molar-refractivity contribution < 1.29 is 44.4 Å². The second-order valence-corrected chi connectivity index (χ2v) is 16.4. The van der Waals surface area contributed by atoms with Crippen LogP contribution in [-0.2, 0) is 24.0 Å². The lowest BCUT2D eigenvalue weighted by atomic mass is 9.43. The van der Waals surface area contributed by atoms with E-state index < -0.39 is 42.4 Å². The third-order valence-electron chi connectivity index (χ3n) is 12.7. The van der Waals surface area contributed by atoms with Gasteiger partial charge in [-0.1, -0.05) is 32.5 Å². The molecule has 12 nitrogen and oxygen atoms in total. The zero-order valence-electron chi connectivity index (χ0n) is 28.0. The predicted octanol–water partition coefficient (Wildman–Crippen LogP) is 2.53.